The molecule has 0 saturated carbocycles. The van der Waals surface area contributed by atoms with E-state index in [0.717, 1.165) is 15.1 Å². The number of halogens is 1. The molecule has 0 aliphatic rings. The van der Waals surface area contributed by atoms with Crippen LogP contribution < -0.4 is 5.32 Å². The van der Waals surface area contributed by atoms with Gasteiger partial charge in [-0.15, -0.1) is 11.8 Å². The zero-order valence-electron chi connectivity index (χ0n) is 11.4. The van der Waals surface area contributed by atoms with Gasteiger partial charge in [-0.25, -0.2) is 0 Å². The number of thioether (sulfide) groups is 1. The minimum atomic E-state index is -0.157. The molecule has 0 aliphatic carbocycles. The molecule has 0 saturated heterocycles. The third-order valence-electron chi connectivity index (χ3n) is 2.83. The summed E-state index contributed by atoms with van der Waals surface area (Å²) >= 11 is 5.04. The van der Waals surface area contributed by atoms with Gasteiger partial charge in [0.25, 0.3) is 0 Å². The number of hydrogen-bond donors (Lipinski definition) is 1. The zero-order chi connectivity index (χ0) is 14.5. The van der Waals surface area contributed by atoms with Crippen molar-refractivity contribution in [3.8, 4) is 0 Å². The Hall–Kier alpha value is -1.26. The molecule has 1 N–H and O–H groups in total. The van der Waals surface area contributed by atoms with E-state index in [4.69, 9.17) is 0 Å². The number of anilines is 1. The molecule has 1 atom stereocenters. The summed E-state index contributed by atoms with van der Waals surface area (Å²) in [7, 11) is 0. The molecule has 0 aromatic heterocycles. The van der Waals surface area contributed by atoms with Gasteiger partial charge in [0.05, 0.1) is 5.25 Å². The second-order valence-corrected chi connectivity index (χ2v) is 6.78. The number of carbonyl (C=O) groups excluding carboxylic acids is 1. The predicted molar refractivity (Wildman–Crippen MR) is 89.3 cm³/mol. The van der Waals surface area contributed by atoms with Crippen molar-refractivity contribution in [1.29, 1.82) is 0 Å². The Morgan fingerprint density at radius 3 is 2.45 bits per heavy atom. The zero-order valence-corrected chi connectivity index (χ0v) is 13.8. The number of benzene rings is 2. The van der Waals surface area contributed by atoms with Gasteiger partial charge < -0.3 is 5.32 Å². The van der Waals surface area contributed by atoms with Crippen molar-refractivity contribution < 1.29 is 4.79 Å². The van der Waals surface area contributed by atoms with Crippen molar-refractivity contribution in [3.63, 3.8) is 0 Å². The van der Waals surface area contributed by atoms with E-state index in [9.17, 15) is 4.79 Å². The van der Waals surface area contributed by atoms with E-state index in [0.29, 0.717) is 0 Å². The minimum absolute atomic E-state index is 0.00889. The van der Waals surface area contributed by atoms with Crippen LogP contribution in [-0.2, 0) is 4.79 Å². The maximum atomic E-state index is 12.2. The van der Waals surface area contributed by atoms with Crippen molar-refractivity contribution >= 4 is 39.3 Å². The van der Waals surface area contributed by atoms with Gasteiger partial charge in [0.15, 0.2) is 0 Å². The van der Waals surface area contributed by atoms with Crippen LogP contribution in [0.2, 0.25) is 0 Å². The Bertz CT molecular complexity index is 598. The average molecular weight is 350 g/mol. The van der Waals surface area contributed by atoms with E-state index in [2.05, 4.69) is 21.2 Å². The molecule has 0 aliphatic heterocycles. The Balaban J connectivity index is 1.99. The summed E-state index contributed by atoms with van der Waals surface area (Å²) in [5, 5.41) is 2.78. The van der Waals surface area contributed by atoms with E-state index in [1.54, 1.807) is 11.8 Å². The fourth-order valence-electron chi connectivity index (χ4n) is 1.67. The molecule has 1 unspecified atom stereocenters. The van der Waals surface area contributed by atoms with Crippen LogP contribution in [0.25, 0.3) is 0 Å². The summed E-state index contributed by atoms with van der Waals surface area (Å²) in [6, 6.07) is 15.7. The van der Waals surface area contributed by atoms with Crippen LogP contribution >= 0.6 is 27.7 Å². The Kier molecular flexibility index (Phi) is 5.26. The van der Waals surface area contributed by atoms with Gasteiger partial charge in [0.2, 0.25) is 5.91 Å². The molecule has 0 fully saturated rings. The van der Waals surface area contributed by atoms with E-state index in [1.165, 1.54) is 5.56 Å². The van der Waals surface area contributed by atoms with Gasteiger partial charge in [0, 0.05) is 15.1 Å². The summed E-state index contributed by atoms with van der Waals surface area (Å²) in [6.07, 6.45) is 0. The van der Waals surface area contributed by atoms with Gasteiger partial charge in [-0.05, 0) is 54.0 Å². The fourth-order valence-corrected chi connectivity index (χ4v) is 3.11. The summed E-state index contributed by atoms with van der Waals surface area (Å²) < 4.78 is 1.01. The summed E-state index contributed by atoms with van der Waals surface area (Å²) in [5.41, 5.74) is 2.01. The van der Waals surface area contributed by atoms with Crippen molar-refractivity contribution in [2.24, 2.45) is 0 Å². The van der Waals surface area contributed by atoms with Crippen LogP contribution in [0.3, 0.4) is 0 Å². The highest BCUT2D eigenvalue weighted by Gasteiger charge is 2.15. The average Bonchev–Trinajstić information content (AvgIpc) is 2.44. The largest absolute Gasteiger partial charge is 0.325 e. The molecule has 0 spiro atoms. The van der Waals surface area contributed by atoms with Crippen LogP contribution in [0, 0.1) is 6.92 Å². The standard InChI is InChI=1S/C16H16BrNOS/c1-11-7-9-13(10-8-11)18-16(19)12(2)20-15-6-4-3-5-14(15)17/h3-10,12H,1-2H3,(H,18,19). The lowest BCUT2D eigenvalue weighted by Gasteiger charge is -2.13. The highest BCUT2D eigenvalue weighted by atomic mass is 79.9. The molecule has 2 rings (SSSR count). The van der Waals surface area contributed by atoms with Crippen LogP contribution in [0.1, 0.15) is 12.5 Å². The first-order valence-electron chi connectivity index (χ1n) is 6.35. The van der Waals surface area contributed by atoms with E-state index < -0.39 is 0 Å². The third kappa shape index (κ3) is 4.12. The summed E-state index contributed by atoms with van der Waals surface area (Å²) in [6.45, 7) is 3.94. The van der Waals surface area contributed by atoms with Crippen LogP contribution in [0.4, 0.5) is 5.69 Å². The van der Waals surface area contributed by atoms with Crippen molar-refractivity contribution in [3.05, 3.63) is 58.6 Å². The SMILES string of the molecule is Cc1ccc(NC(=O)C(C)Sc2ccccc2Br)cc1. The minimum Gasteiger partial charge on any atom is -0.325 e. The smallest absolute Gasteiger partial charge is 0.237 e. The van der Waals surface area contributed by atoms with Crippen LogP contribution in [-0.4, -0.2) is 11.2 Å². The van der Waals surface area contributed by atoms with Crippen molar-refractivity contribution in [2.45, 2.75) is 24.0 Å². The van der Waals surface area contributed by atoms with Crippen LogP contribution in [0.15, 0.2) is 57.9 Å². The topological polar surface area (TPSA) is 29.1 Å². The highest BCUT2D eigenvalue weighted by molar-refractivity contribution is 9.10. The Morgan fingerprint density at radius 2 is 1.80 bits per heavy atom. The Labute approximate surface area is 132 Å². The van der Waals surface area contributed by atoms with Crippen molar-refractivity contribution in [1.82, 2.24) is 0 Å². The summed E-state index contributed by atoms with van der Waals surface area (Å²) in [4.78, 5) is 13.2. The molecular weight excluding hydrogens is 334 g/mol. The van der Waals surface area contributed by atoms with Gasteiger partial charge in [-0.1, -0.05) is 29.8 Å². The molecule has 104 valence electrons. The first kappa shape index (κ1) is 15.1. The number of nitrogens with one attached hydrogen (secondary N) is 1. The van der Waals surface area contributed by atoms with Gasteiger partial charge >= 0.3 is 0 Å². The first-order chi connectivity index (χ1) is 9.56. The highest BCUT2D eigenvalue weighted by Crippen LogP contribution is 2.30. The van der Waals surface area contributed by atoms with Crippen molar-refractivity contribution in [2.75, 3.05) is 5.32 Å². The van der Waals surface area contributed by atoms with E-state index in [1.807, 2.05) is 62.4 Å². The lowest BCUT2D eigenvalue weighted by molar-refractivity contribution is -0.115. The molecule has 0 radical (unpaired) electrons. The maximum absolute atomic E-state index is 12.2. The molecule has 2 aromatic carbocycles. The second-order valence-electron chi connectivity index (χ2n) is 4.55. The predicted octanol–water partition coefficient (Wildman–Crippen LogP) is 4.88. The van der Waals surface area contributed by atoms with E-state index in [-0.39, 0.29) is 11.2 Å². The fraction of sp³-hybridized carbons (Fsp3) is 0.188. The summed E-state index contributed by atoms with van der Waals surface area (Å²) in [5.74, 6) is 0.00889. The van der Waals surface area contributed by atoms with Gasteiger partial charge in [0.1, 0.15) is 0 Å². The lowest BCUT2D eigenvalue weighted by Crippen LogP contribution is -2.22. The number of hydrogen-bond acceptors (Lipinski definition) is 2. The third-order valence-corrected chi connectivity index (χ3v) is 4.96. The van der Waals surface area contributed by atoms with E-state index >= 15 is 0 Å². The number of rotatable bonds is 4. The first-order valence-corrected chi connectivity index (χ1v) is 8.02. The quantitative estimate of drug-likeness (QED) is 0.797. The van der Waals surface area contributed by atoms with Crippen LogP contribution in [0.5, 0.6) is 0 Å². The monoisotopic (exact) mass is 349 g/mol. The number of carbonyl (C=O) groups is 1. The maximum Gasteiger partial charge on any atom is 0.237 e. The van der Waals surface area contributed by atoms with Gasteiger partial charge in [-0.2, -0.15) is 0 Å². The molecule has 2 nitrogen and oxygen atoms in total. The molecule has 4 heteroatoms. The van der Waals surface area contributed by atoms with Gasteiger partial charge in [-0.3, -0.25) is 4.79 Å². The number of amides is 1. The molecular formula is C16H16BrNOS. The Morgan fingerprint density at radius 1 is 1.15 bits per heavy atom. The molecule has 20 heavy (non-hydrogen) atoms. The molecule has 2 aromatic rings. The normalized spacial score (nSPS) is 11.9. The molecule has 0 bridgehead atoms. The second kappa shape index (κ2) is 6.95. The molecule has 1 amide bonds. The lowest BCUT2D eigenvalue weighted by atomic mass is 10.2. The molecule has 0 heterocycles. The number of aryl methyl sites for hydroxylation is 1.